The number of ether oxygens (including phenoxy) is 2. The van der Waals surface area contributed by atoms with Crippen molar-refractivity contribution in [2.24, 2.45) is 11.5 Å². The van der Waals surface area contributed by atoms with E-state index in [1.165, 1.54) is 7.11 Å². The lowest BCUT2D eigenvalue weighted by Crippen LogP contribution is -2.28. The maximum absolute atomic E-state index is 11.0. The summed E-state index contributed by atoms with van der Waals surface area (Å²) in [6.45, 7) is 1.83. The second-order valence-electron chi connectivity index (χ2n) is 3.44. The molecule has 1 amide bonds. The fourth-order valence-corrected chi connectivity index (χ4v) is 1.48. The van der Waals surface area contributed by atoms with Gasteiger partial charge < -0.3 is 20.9 Å². The van der Waals surface area contributed by atoms with Crippen LogP contribution < -0.4 is 20.9 Å². The molecule has 5 nitrogen and oxygen atoms in total. The third-order valence-corrected chi connectivity index (χ3v) is 2.41. The van der Waals surface area contributed by atoms with Crippen LogP contribution in [0.25, 0.3) is 0 Å². The van der Waals surface area contributed by atoms with E-state index >= 15 is 0 Å². The molecule has 0 aliphatic heterocycles. The predicted octanol–water partition coefficient (Wildman–Crippen LogP) is 0.497. The Morgan fingerprint density at radius 1 is 1.25 bits per heavy atom. The first-order valence-corrected chi connectivity index (χ1v) is 4.78. The number of carbonyl (C=O) groups excluding carboxylic acids is 1. The number of carbonyl (C=O) groups is 1. The van der Waals surface area contributed by atoms with E-state index in [0.717, 1.165) is 5.56 Å². The van der Waals surface area contributed by atoms with Crippen molar-refractivity contribution < 1.29 is 14.3 Å². The van der Waals surface area contributed by atoms with Crippen molar-refractivity contribution in [3.63, 3.8) is 0 Å². The summed E-state index contributed by atoms with van der Waals surface area (Å²) in [5, 5.41) is 0. The Hall–Kier alpha value is -1.75. The zero-order valence-electron chi connectivity index (χ0n) is 9.61. The van der Waals surface area contributed by atoms with Gasteiger partial charge in [0, 0.05) is 0 Å². The highest BCUT2D eigenvalue weighted by Crippen LogP contribution is 2.32. The Labute approximate surface area is 94.3 Å². The molecule has 0 spiro atoms. The Bertz CT molecular complexity index is 404. The smallest absolute Gasteiger partial charge is 0.238 e. The van der Waals surface area contributed by atoms with Crippen LogP contribution in [0.15, 0.2) is 12.1 Å². The highest BCUT2D eigenvalue weighted by molar-refractivity contribution is 5.82. The van der Waals surface area contributed by atoms with Gasteiger partial charge in [0.1, 0.15) is 6.04 Å². The van der Waals surface area contributed by atoms with Crippen LogP contribution in [-0.4, -0.2) is 20.1 Å². The third-order valence-electron chi connectivity index (χ3n) is 2.41. The van der Waals surface area contributed by atoms with Gasteiger partial charge in [0.05, 0.1) is 14.2 Å². The second kappa shape index (κ2) is 4.85. The maximum Gasteiger partial charge on any atom is 0.238 e. The number of primary amides is 1. The Balaban J connectivity index is 3.26. The fraction of sp³-hybridized carbons (Fsp3) is 0.364. The number of hydrogen-bond donors (Lipinski definition) is 2. The quantitative estimate of drug-likeness (QED) is 0.779. The van der Waals surface area contributed by atoms with Gasteiger partial charge in [0.25, 0.3) is 0 Å². The number of methoxy groups -OCH3 is 2. The molecule has 88 valence electrons. The summed E-state index contributed by atoms with van der Waals surface area (Å²) in [6, 6.07) is 2.60. The van der Waals surface area contributed by atoms with Gasteiger partial charge in [-0.2, -0.15) is 0 Å². The first-order valence-electron chi connectivity index (χ1n) is 4.78. The summed E-state index contributed by atoms with van der Waals surface area (Å²) >= 11 is 0. The van der Waals surface area contributed by atoms with E-state index < -0.39 is 11.9 Å². The van der Waals surface area contributed by atoms with E-state index in [2.05, 4.69) is 0 Å². The molecule has 1 aromatic carbocycles. The first-order chi connectivity index (χ1) is 7.51. The largest absolute Gasteiger partial charge is 0.493 e. The average Bonchev–Trinajstić information content (AvgIpc) is 2.27. The fourth-order valence-electron chi connectivity index (χ4n) is 1.48. The van der Waals surface area contributed by atoms with Crippen molar-refractivity contribution in [3.05, 3.63) is 23.3 Å². The minimum absolute atomic E-state index is 0.528. The summed E-state index contributed by atoms with van der Waals surface area (Å²) in [4.78, 5) is 11.0. The van der Waals surface area contributed by atoms with Gasteiger partial charge in [-0.25, -0.2) is 0 Å². The Morgan fingerprint density at radius 2 is 1.75 bits per heavy atom. The maximum atomic E-state index is 11.0. The molecule has 0 saturated heterocycles. The van der Waals surface area contributed by atoms with Crippen molar-refractivity contribution >= 4 is 5.91 Å². The normalized spacial score (nSPS) is 12.0. The zero-order valence-corrected chi connectivity index (χ0v) is 9.61. The topological polar surface area (TPSA) is 87.6 Å². The number of aryl methyl sites for hydroxylation is 1. The van der Waals surface area contributed by atoms with Crippen LogP contribution >= 0.6 is 0 Å². The third kappa shape index (κ3) is 2.25. The zero-order chi connectivity index (χ0) is 12.3. The molecule has 4 N–H and O–H groups in total. The number of amides is 1. The Kier molecular flexibility index (Phi) is 3.73. The SMILES string of the molecule is COc1cc(C)c(C(N)C(N)=O)cc1OC. The number of benzene rings is 1. The van der Waals surface area contributed by atoms with Crippen LogP contribution in [-0.2, 0) is 4.79 Å². The van der Waals surface area contributed by atoms with Gasteiger partial charge in [-0.3, -0.25) is 4.79 Å². The van der Waals surface area contributed by atoms with Crippen LogP contribution in [0.5, 0.6) is 11.5 Å². The lowest BCUT2D eigenvalue weighted by molar-refractivity contribution is -0.119. The monoisotopic (exact) mass is 224 g/mol. The minimum atomic E-state index is -0.834. The van der Waals surface area contributed by atoms with E-state index in [9.17, 15) is 4.79 Å². The van der Waals surface area contributed by atoms with E-state index in [-0.39, 0.29) is 0 Å². The molecule has 1 unspecified atom stereocenters. The average molecular weight is 224 g/mol. The first kappa shape index (κ1) is 12.3. The van der Waals surface area contributed by atoms with Gasteiger partial charge in [-0.05, 0) is 30.2 Å². The lowest BCUT2D eigenvalue weighted by Gasteiger charge is -2.15. The van der Waals surface area contributed by atoms with Crippen molar-refractivity contribution in [1.82, 2.24) is 0 Å². The molecule has 16 heavy (non-hydrogen) atoms. The molecule has 1 rings (SSSR count). The molecule has 0 aliphatic rings. The summed E-state index contributed by atoms with van der Waals surface area (Å²) in [5.74, 6) is 0.551. The van der Waals surface area contributed by atoms with Crippen molar-refractivity contribution in [2.45, 2.75) is 13.0 Å². The van der Waals surface area contributed by atoms with Gasteiger partial charge in [-0.15, -0.1) is 0 Å². The molecule has 5 heteroatoms. The predicted molar refractivity (Wildman–Crippen MR) is 60.4 cm³/mol. The second-order valence-corrected chi connectivity index (χ2v) is 3.44. The van der Waals surface area contributed by atoms with Crippen molar-refractivity contribution in [1.29, 1.82) is 0 Å². The molecule has 0 fully saturated rings. The Morgan fingerprint density at radius 3 is 2.19 bits per heavy atom. The van der Waals surface area contributed by atoms with Gasteiger partial charge in [-0.1, -0.05) is 0 Å². The molecule has 0 heterocycles. The van der Waals surface area contributed by atoms with Crippen LogP contribution in [0.3, 0.4) is 0 Å². The van der Waals surface area contributed by atoms with Crippen LogP contribution in [0.2, 0.25) is 0 Å². The molecule has 0 saturated carbocycles. The summed E-state index contributed by atoms with van der Waals surface area (Å²) < 4.78 is 10.3. The minimum Gasteiger partial charge on any atom is -0.493 e. The van der Waals surface area contributed by atoms with Crippen molar-refractivity contribution in [2.75, 3.05) is 14.2 Å². The summed E-state index contributed by atoms with van der Waals surface area (Å²) in [7, 11) is 3.07. The molecule has 0 radical (unpaired) electrons. The molecular weight excluding hydrogens is 208 g/mol. The molecule has 0 bridgehead atoms. The van der Waals surface area contributed by atoms with E-state index in [0.29, 0.717) is 17.1 Å². The molecular formula is C11H16N2O3. The van der Waals surface area contributed by atoms with E-state index in [1.807, 2.05) is 6.92 Å². The van der Waals surface area contributed by atoms with Crippen LogP contribution in [0.4, 0.5) is 0 Å². The summed E-state index contributed by atoms with van der Waals surface area (Å²) in [6.07, 6.45) is 0. The molecule has 1 aromatic rings. The van der Waals surface area contributed by atoms with Gasteiger partial charge >= 0.3 is 0 Å². The van der Waals surface area contributed by atoms with E-state index in [4.69, 9.17) is 20.9 Å². The standard InChI is InChI=1S/C11H16N2O3/c1-6-4-8(15-2)9(16-3)5-7(6)10(12)11(13)14/h4-5,10H,12H2,1-3H3,(H2,13,14). The molecule has 1 atom stereocenters. The van der Waals surface area contributed by atoms with Crippen LogP contribution in [0.1, 0.15) is 17.2 Å². The van der Waals surface area contributed by atoms with Gasteiger partial charge in [0.15, 0.2) is 11.5 Å². The highest BCUT2D eigenvalue weighted by Gasteiger charge is 2.17. The highest BCUT2D eigenvalue weighted by atomic mass is 16.5. The van der Waals surface area contributed by atoms with Gasteiger partial charge in [0.2, 0.25) is 5.91 Å². The number of hydrogen-bond acceptors (Lipinski definition) is 4. The molecule has 0 aromatic heterocycles. The number of rotatable bonds is 4. The summed E-state index contributed by atoms with van der Waals surface area (Å²) in [5.41, 5.74) is 12.3. The molecule has 0 aliphatic carbocycles. The number of nitrogens with two attached hydrogens (primary N) is 2. The van der Waals surface area contributed by atoms with E-state index in [1.54, 1.807) is 19.2 Å². The lowest BCUT2D eigenvalue weighted by atomic mass is 10.0. The van der Waals surface area contributed by atoms with Crippen molar-refractivity contribution in [3.8, 4) is 11.5 Å². The van der Waals surface area contributed by atoms with Crippen LogP contribution in [0, 0.1) is 6.92 Å².